The van der Waals surface area contributed by atoms with Crippen molar-refractivity contribution < 1.29 is 13.2 Å². The van der Waals surface area contributed by atoms with Crippen LogP contribution in [0.2, 0.25) is 0 Å². The molecule has 1 aromatic rings. The van der Waals surface area contributed by atoms with Crippen molar-refractivity contribution in [2.24, 2.45) is 5.92 Å². The highest BCUT2D eigenvalue weighted by molar-refractivity contribution is 7.88. The molecule has 0 spiro atoms. The molecule has 1 aliphatic heterocycles. The summed E-state index contributed by atoms with van der Waals surface area (Å²) in [6.07, 6.45) is 9.02. The molecule has 3 rings (SSSR count). The Bertz CT molecular complexity index is 673. The number of aryl methyl sites for hydroxylation is 2. The van der Waals surface area contributed by atoms with Crippen LogP contribution in [0.5, 0.6) is 0 Å². The fourth-order valence-corrected chi connectivity index (χ4v) is 5.37. The summed E-state index contributed by atoms with van der Waals surface area (Å²) in [5, 5.41) is 0. The molecule has 1 aromatic heterocycles. The Hall–Kier alpha value is -0.920. The number of sulfonamides is 1. The minimum atomic E-state index is -3.17. The summed E-state index contributed by atoms with van der Waals surface area (Å²) < 4.78 is 25.1. The van der Waals surface area contributed by atoms with E-state index >= 15 is 0 Å². The van der Waals surface area contributed by atoms with Crippen LogP contribution in [0.15, 0.2) is 6.07 Å². The second kappa shape index (κ2) is 7.54. The van der Waals surface area contributed by atoms with Gasteiger partial charge in [0.05, 0.1) is 11.1 Å². The van der Waals surface area contributed by atoms with Gasteiger partial charge in [0, 0.05) is 24.5 Å². The van der Waals surface area contributed by atoms with Crippen molar-refractivity contribution >= 4 is 27.3 Å². The second-order valence-corrected chi connectivity index (χ2v) is 9.97. The van der Waals surface area contributed by atoms with Gasteiger partial charge in [-0.1, -0.05) is 6.42 Å². The zero-order chi connectivity index (χ0) is 17.2. The smallest absolute Gasteiger partial charge is 0.263 e. The van der Waals surface area contributed by atoms with Gasteiger partial charge in [0.2, 0.25) is 10.0 Å². The van der Waals surface area contributed by atoms with Crippen molar-refractivity contribution in [3.05, 3.63) is 21.4 Å². The van der Waals surface area contributed by atoms with Gasteiger partial charge < -0.3 is 4.90 Å². The van der Waals surface area contributed by atoms with E-state index in [1.807, 2.05) is 4.90 Å². The maximum atomic E-state index is 12.8. The van der Waals surface area contributed by atoms with E-state index in [0.717, 1.165) is 37.1 Å². The van der Waals surface area contributed by atoms with Gasteiger partial charge in [-0.15, -0.1) is 11.3 Å². The molecule has 2 heterocycles. The van der Waals surface area contributed by atoms with Gasteiger partial charge in [0.25, 0.3) is 5.91 Å². The number of hydrogen-bond acceptors (Lipinski definition) is 4. The Morgan fingerprint density at radius 2 is 2.08 bits per heavy atom. The molecule has 0 radical (unpaired) electrons. The number of amides is 1. The molecule has 1 fully saturated rings. The highest BCUT2D eigenvalue weighted by Crippen LogP contribution is 2.30. The Morgan fingerprint density at radius 3 is 2.88 bits per heavy atom. The first kappa shape index (κ1) is 17.9. The predicted octanol–water partition coefficient (Wildman–Crippen LogP) is 2.42. The number of carbonyl (C=O) groups is 1. The minimum absolute atomic E-state index is 0.122. The van der Waals surface area contributed by atoms with E-state index < -0.39 is 10.0 Å². The molecule has 1 N–H and O–H groups in total. The van der Waals surface area contributed by atoms with Crippen LogP contribution in [0.1, 0.15) is 52.2 Å². The van der Waals surface area contributed by atoms with E-state index in [2.05, 4.69) is 10.8 Å². The third kappa shape index (κ3) is 4.58. The van der Waals surface area contributed by atoms with E-state index in [1.54, 1.807) is 11.3 Å². The molecule has 0 aromatic carbocycles. The number of carbonyl (C=O) groups excluding carboxylic acids is 1. The first-order chi connectivity index (χ1) is 11.4. The lowest BCUT2D eigenvalue weighted by Crippen LogP contribution is -2.43. The second-order valence-electron chi connectivity index (χ2n) is 7.00. The highest BCUT2D eigenvalue weighted by Gasteiger charge is 2.27. The molecule has 1 atom stereocenters. The highest BCUT2D eigenvalue weighted by atomic mass is 32.2. The Labute approximate surface area is 148 Å². The van der Waals surface area contributed by atoms with Crippen LogP contribution in [-0.2, 0) is 22.9 Å². The third-order valence-electron chi connectivity index (χ3n) is 4.90. The topological polar surface area (TPSA) is 66.5 Å². The van der Waals surface area contributed by atoms with Crippen molar-refractivity contribution in [3.8, 4) is 0 Å². The van der Waals surface area contributed by atoms with Crippen LogP contribution in [-0.4, -0.2) is 45.1 Å². The summed E-state index contributed by atoms with van der Waals surface area (Å²) in [7, 11) is -3.17. The van der Waals surface area contributed by atoms with Crippen LogP contribution < -0.4 is 4.72 Å². The molecular weight excluding hydrogens is 344 g/mol. The Morgan fingerprint density at radius 1 is 1.29 bits per heavy atom. The average molecular weight is 371 g/mol. The van der Waals surface area contributed by atoms with E-state index in [9.17, 15) is 13.2 Å². The number of fused-ring (bicyclic) bond motifs is 1. The maximum Gasteiger partial charge on any atom is 0.263 e. The summed E-state index contributed by atoms with van der Waals surface area (Å²) in [5.41, 5.74) is 1.37. The fourth-order valence-electron chi connectivity index (χ4n) is 3.61. The van der Waals surface area contributed by atoms with E-state index in [4.69, 9.17) is 0 Å². The van der Waals surface area contributed by atoms with Crippen LogP contribution in [0.4, 0.5) is 0 Å². The molecule has 0 bridgehead atoms. The lowest BCUT2D eigenvalue weighted by molar-refractivity contribution is 0.0681. The molecular formula is C17H26N2O3S2. The van der Waals surface area contributed by atoms with Gasteiger partial charge in [-0.2, -0.15) is 0 Å². The monoisotopic (exact) mass is 370 g/mol. The lowest BCUT2D eigenvalue weighted by atomic mass is 9.98. The molecule has 7 heteroatoms. The molecule has 1 aliphatic carbocycles. The van der Waals surface area contributed by atoms with Crippen LogP contribution in [0.25, 0.3) is 0 Å². The molecule has 5 nitrogen and oxygen atoms in total. The molecule has 2 aliphatic rings. The standard InChI is InChI=1S/C17H26N2O3S2/c1-24(21,22)18-11-13-6-5-9-19(12-13)17(20)16-10-14-7-3-2-4-8-15(14)23-16/h10,13,18H,2-9,11-12H2,1H3. The van der Waals surface area contributed by atoms with E-state index in [-0.39, 0.29) is 11.8 Å². The predicted molar refractivity (Wildman–Crippen MR) is 97.1 cm³/mol. The summed E-state index contributed by atoms with van der Waals surface area (Å²) in [6, 6.07) is 2.10. The number of nitrogens with zero attached hydrogens (tertiary/aromatic N) is 1. The van der Waals surface area contributed by atoms with Crippen LogP contribution in [0.3, 0.4) is 0 Å². The molecule has 134 valence electrons. The first-order valence-corrected chi connectivity index (χ1v) is 11.5. The number of rotatable bonds is 4. The number of piperidine rings is 1. The normalized spacial score (nSPS) is 22.0. The van der Waals surface area contributed by atoms with Crippen molar-refractivity contribution in [1.29, 1.82) is 0 Å². The number of likely N-dealkylation sites (tertiary alicyclic amines) is 1. The van der Waals surface area contributed by atoms with Gasteiger partial charge >= 0.3 is 0 Å². The Balaban J connectivity index is 1.64. The SMILES string of the molecule is CS(=O)(=O)NCC1CCCN(C(=O)c2cc3c(s2)CCCCC3)C1. The Kier molecular flexibility index (Phi) is 5.62. The van der Waals surface area contributed by atoms with Gasteiger partial charge in [0.1, 0.15) is 0 Å². The van der Waals surface area contributed by atoms with Gasteiger partial charge in [-0.3, -0.25) is 4.79 Å². The summed E-state index contributed by atoms with van der Waals surface area (Å²) in [4.78, 5) is 17.0. The zero-order valence-corrected chi connectivity index (χ0v) is 15.8. The summed E-state index contributed by atoms with van der Waals surface area (Å²) in [6.45, 7) is 1.84. The number of nitrogens with one attached hydrogen (secondary N) is 1. The van der Waals surface area contributed by atoms with E-state index in [0.29, 0.717) is 13.1 Å². The fraction of sp³-hybridized carbons (Fsp3) is 0.706. The van der Waals surface area contributed by atoms with Gasteiger partial charge in [0.15, 0.2) is 0 Å². The van der Waals surface area contributed by atoms with Crippen molar-refractivity contribution in [3.63, 3.8) is 0 Å². The molecule has 1 amide bonds. The molecule has 1 unspecified atom stereocenters. The van der Waals surface area contributed by atoms with Gasteiger partial charge in [-0.05, 0) is 56.1 Å². The summed E-state index contributed by atoms with van der Waals surface area (Å²) in [5.74, 6) is 0.326. The van der Waals surface area contributed by atoms with Gasteiger partial charge in [-0.25, -0.2) is 13.1 Å². The van der Waals surface area contributed by atoms with Crippen LogP contribution >= 0.6 is 11.3 Å². The van der Waals surface area contributed by atoms with Crippen molar-refractivity contribution in [1.82, 2.24) is 9.62 Å². The maximum absolute atomic E-state index is 12.8. The van der Waals surface area contributed by atoms with Crippen molar-refractivity contribution in [2.75, 3.05) is 25.9 Å². The quantitative estimate of drug-likeness (QED) is 0.828. The molecule has 0 saturated carbocycles. The number of thiophene rings is 1. The minimum Gasteiger partial charge on any atom is -0.338 e. The van der Waals surface area contributed by atoms with E-state index in [1.165, 1.54) is 36.0 Å². The molecule has 1 saturated heterocycles. The van der Waals surface area contributed by atoms with Crippen molar-refractivity contribution in [2.45, 2.75) is 44.9 Å². The lowest BCUT2D eigenvalue weighted by Gasteiger charge is -2.32. The summed E-state index contributed by atoms with van der Waals surface area (Å²) >= 11 is 1.67. The third-order valence-corrected chi connectivity index (χ3v) is 6.81. The average Bonchev–Trinajstić information content (AvgIpc) is 2.83. The number of hydrogen-bond donors (Lipinski definition) is 1. The molecule has 24 heavy (non-hydrogen) atoms. The van der Waals surface area contributed by atoms with Crippen LogP contribution in [0, 0.1) is 5.92 Å². The first-order valence-electron chi connectivity index (χ1n) is 8.78. The zero-order valence-electron chi connectivity index (χ0n) is 14.2. The largest absolute Gasteiger partial charge is 0.338 e.